The first kappa shape index (κ1) is 11.0. The van der Waals surface area contributed by atoms with Crippen molar-refractivity contribution in [1.82, 2.24) is 0 Å². The molecular weight excluding hydrogens is 194 g/mol. The smallest absolute Gasteiger partial charge is 0.292 e. The van der Waals surface area contributed by atoms with Crippen LogP contribution in [0.5, 0.6) is 0 Å². The summed E-state index contributed by atoms with van der Waals surface area (Å²) in [6.45, 7) is 4.28. The third-order valence-electron chi connectivity index (χ3n) is 2.05. The van der Waals surface area contributed by atoms with Gasteiger partial charge in [0.25, 0.3) is 5.69 Å². The number of nitrogens with zero attached hydrogens (tertiary/aromatic N) is 2. The zero-order chi connectivity index (χ0) is 11.4. The molecule has 15 heavy (non-hydrogen) atoms. The van der Waals surface area contributed by atoms with E-state index < -0.39 is 4.92 Å². The second-order valence-corrected chi connectivity index (χ2v) is 3.17. The van der Waals surface area contributed by atoms with Crippen LogP contribution in [0.25, 0.3) is 0 Å². The second-order valence-electron chi connectivity index (χ2n) is 3.17. The number of nitro groups is 1. The first-order valence-corrected chi connectivity index (χ1v) is 4.42. The molecule has 0 spiro atoms. The summed E-state index contributed by atoms with van der Waals surface area (Å²) in [4.78, 5) is 11.9. The fourth-order valence-corrected chi connectivity index (χ4v) is 1.24. The lowest BCUT2D eigenvalue weighted by atomic mass is 10.2. The van der Waals surface area contributed by atoms with Crippen LogP contribution >= 0.6 is 0 Å². The predicted molar refractivity (Wildman–Crippen MR) is 61.0 cm³/mol. The average molecular weight is 207 g/mol. The summed E-state index contributed by atoms with van der Waals surface area (Å²) in [5, 5.41) is 10.5. The summed E-state index contributed by atoms with van der Waals surface area (Å²) in [7, 11) is 1.86. The maximum Gasteiger partial charge on any atom is 0.292 e. The Labute approximate surface area is 88.0 Å². The molecule has 0 unspecified atom stereocenters. The number of hydrogen-bond donors (Lipinski definition) is 1. The maximum absolute atomic E-state index is 10.5. The molecule has 2 N–H and O–H groups in total. The predicted octanol–water partition coefficient (Wildman–Crippen LogP) is 1.80. The molecule has 0 aliphatic rings. The number of benzene rings is 1. The van der Waals surface area contributed by atoms with Crippen molar-refractivity contribution in [2.24, 2.45) is 0 Å². The van der Waals surface area contributed by atoms with E-state index in [1.54, 1.807) is 18.2 Å². The molecule has 0 bridgehead atoms. The van der Waals surface area contributed by atoms with Gasteiger partial charge in [0, 0.05) is 25.3 Å². The monoisotopic (exact) mass is 207 g/mol. The molecule has 1 aromatic carbocycles. The summed E-state index contributed by atoms with van der Waals surface area (Å²) in [5.41, 5.74) is 6.50. The van der Waals surface area contributed by atoms with Gasteiger partial charge in [0.2, 0.25) is 0 Å². The Morgan fingerprint density at radius 2 is 2.33 bits per heavy atom. The molecule has 0 amide bonds. The van der Waals surface area contributed by atoms with Gasteiger partial charge in [-0.2, -0.15) is 0 Å². The summed E-state index contributed by atoms with van der Waals surface area (Å²) < 4.78 is 0. The summed E-state index contributed by atoms with van der Waals surface area (Å²) in [6.07, 6.45) is 1.75. The van der Waals surface area contributed by atoms with E-state index in [0.29, 0.717) is 6.54 Å². The molecule has 0 saturated carbocycles. The number of nitrogens with two attached hydrogens (primary N) is 1. The van der Waals surface area contributed by atoms with Crippen molar-refractivity contribution in [3.8, 4) is 0 Å². The van der Waals surface area contributed by atoms with Crippen LogP contribution in [0, 0.1) is 10.1 Å². The fourth-order valence-electron chi connectivity index (χ4n) is 1.24. The normalized spacial score (nSPS) is 9.67. The molecule has 0 aliphatic carbocycles. The summed E-state index contributed by atoms with van der Waals surface area (Å²) >= 11 is 0. The zero-order valence-electron chi connectivity index (χ0n) is 8.51. The molecule has 1 rings (SSSR count). The van der Waals surface area contributed by atoms with Crippen molar-refractivity contribution in [3.63, 3.8) is 0 Å². The van der Waals surface area contributed by atoms with Gasteiger partial charge in [-0.25, -0.2) is 0 Å². The Balaban J connectivity index is 3.00. The minimum Gasteiger partial charge on any atom is -0.393 e. The van der Waals surface area contributed by atoms with Crippen molar-refractivity contribution in [1.29, 1.82) is 0 Å². The number of nitrogen functional groups attached to an aromatic ring is 1. The Bertz CT molecular complexity index is 390. The third kappa shape index (κ3) is 2.46. The molecule has 1 aromatic rings. The van der Waals surface area contributed by atoms with Gasteiger partial charge in [-0.1, -0.05) is 6.08 Å². The quantitative estimate of drug-likeness (QED) is 0.353. The van der Waals surface area contributed by atoms with E-state index in [2.05, 4.69) is 6.58 Å². The molecule has 0 heterocycles. The molecule has 0 aromatic heterocycles. The number of anilines is 2. The lowest BCUT2D eigenvalue weighted by Crippen LogP contribution is -2.16. The number of likely N-dealkylation sites (N-methyl/N-ethyl adjacent to an activating group) is 1. The Hall–Kier alpha value is -2.04. The Kier molecular flexibility index (Phi) is 3.28. The van der Waals surface area contributed by atoms with E-state index in [1.165, 1.54) is 6.07 Å². The first-order valence-electron chi connectivity index (χ1n) is 4.42. The Morgan fingerprint density at radius 3 is 2.80 bits per heavy atom. The fraction of sp³-hybridized carbons (Fsp3) is 0.200. The van der Waals surface area contributed by atoms with Gasteiger partial charge >= 0.3 is 0 Å². The van der Waals surface area contributed by atoms with Gasteiger partial charge in [0.15, 0.2) is 0 Å². The lowest BCUT2D eigenvalue weighted by Gasteiger charge is -2.17. The second kappa shape index (κ2) is 4.45. The molecule has 5 nitrogen and oxygen atoms in total. The van der Waals surface area contributed by atoms with Crippen molar-refractivity contribution >= 4 is 17.1 Å². The highest BCUT2D eigenvalue weighted by Gasteiger charge is 2.11. The van der Waals surface area contributed by atoms with E-state index in [0.717, 1.165) is 5.69 Å². The molecule has 80 valence electrons. The number of nitro benzene ring substituents is 1. The standard InChI is InChI=1S/C10H13N3O2/c1-3-6-12(2)8-4-5-10(13(14)15)9(11)7-8/h3-5,7H,1,6,11H2,2H3. The van der Waals surface area contributed by atoms with Crippen LogP contribution in [-0.2, 0) is 0 Å². The minimum absolute atomic E-state index is 0.0641. The van der Waals surface area contributed by atoms with Gasteiger partial charge in [-0.15, -0.1) is 6.58 Å². The van der Waals surface area contributed by atoms with Crippen LogP contribution in [0.4, 0.5) is 17.1 Å². The molecule has 0 fully saturated rings. The number of rotatable bonds is 4. The molecule has 0 saturated heterocycles. The molecule has 5 heteroatoms. The van der Waals surface area contributed by atoms with Crippen molar-refractivity contribution in [2.45, 2.75) is 0 Å². The van der Waals surface area contributed by atoms with Crippen molar-refractivity contribution in [2.75, 3.05) is 24.2 Å². The first-order chi connectivity index (χ1) is 7.06. The van der Waals surface area contributed by atoms with Gasteiger partial charge in [0.1, 0.15) is 5.69 Å². The minimum atomic E-state index is -0.493. The molecule has 0 aliphatic heterocycles. The highest BCUT2D eigenvalue weighted by atomic mass is 16.6. The van der Waals surface area contributed by atoms with E-state index in [-0.39, 0.29) is 11.4 Å². The highest BCUT2D eigenvalue weighted by molar-refractivity contribution is 5.66. The van der Waals surface area contributed by atoms with Gasteiger partial charge in [0.05, 0.1) is 4.92 Å². The van der Waals surface area contributed by atoms with Crippen LogP contribution in [0.15, 0.2) is 30.9 Å². The SMILES string of the molecule is C=CCN(C)c1ccc([N+](=O)[O-])c(N)c1. The van der Waals surface area contributed by atoms with E-state index in [9.17, 15) is 10.1 Å². The van der Waals surface area contributed by atoms with Crippen LogP contribution in [0.1, 0.15) is 0 Å². The maximum atomic E-state index is 10.5. The van der Waals surface area contributed by atoms with Crippen LogP contribution < -0.4 is 10.6 Å². The van der Waals surface area contributed by atoms with E-state index in [4.69, 9.17) is 5.73 Å². The largest absolute Gasteiger partial charge is 0.393 e. The summed E-state index contributed by atoms with van der Waals surface area (Å²) in [6, 6.07) is 4.66. The van der Waals surface area contributed by atoms with Crippen molar-refractivity contribution in [3.05, 3.63) is 41.0 Å². The van der Waals surface area contributed by atoms with Crippen LogP contribution in [0.2, 0.25) is 0 Å². The average Bonchev–Trinajstić information content (AvgIpc) is 2.17. The number of hydrogen-bond acceptors (Lipinski definition) is 4. The van der Waals surface area contributed by atoms with E-state index >= 15 is 0 Å². The van der Waals surface area contributed by atoms with Crippen LogP contribution in [0.3, 0.4) is 0 Å². The van der Waals surface area contributed by atoms with E-state index in [1.807, 2.05) is 11.9 Å². The third-order valence-corrected chi connectivity index (χ3v) is 2.05. The Morgan fingerprint density at radius 1 is 1.67 bits per heavy atom. The molecular formula is C10H13N3O2. The topological polar surface area (TPSA) is 72.4 Å². The molecule has 0 radical (unpaired) electrons. The van der Waals surface area contributed by atoms with Crippen molar-refractivity contribution < 1.29 is 4.92 Å². The van der Waals surface area contributed by atoms with Gasteiger partial charge in [-0.3, -0.25) is 10.1 Å². The van der Waals surface area contributed by atoms with Crippen LogP contribution in [-0.4, -0.2) is 18.5 Å². The van der Waals surface area contributed by atoms with Gasteiger partial charge in [-0.05, 0) is 12.1 Å². The lowest BCUT2D eigenvalue weighted by molar-refractivity contribution is -0.383. The highest BCUT2D eigenvalue weighted by Crippen LogP contribution is 2.26. The molecule has 0 atom stereocenters. The summed E-state index contributed by atoms with van der Waals surface area (Å²) in [5.74, 6) is 0. The van der Waals surface area contributed by atoms with Gasteiger partial charge < -0.3 is 10.6 Å². The zero-order valence-corrected chi connectivity index (χ0v) is 8.51.